The van der Waals surface area contributed by atoms with Gasteiger partial charge in [-0.05, 0) is 31.2 Å². The van der Waals surface area contributed by atoms with Gasteiger partial charge >= 0.3 is 11.9 Å². The second kappa shape index (κ2) is 7.19. The fourth-order valence-electron chi connectivity index (χ4n) is 2.09. The van der Waals surface area contributed by atoms with Crippen molar-refractivity contribution in [3.63, 3.8) is 0 Å². The number of nitrogens with one attached hydrogen (secondary N) is 1. The highest BCUT2D eigenvalue weighted by Crippen LogP contribution is 2.32. The molecule has 0 spiro atoms. The number of aromatic nitrogens is 1. The lowest BCUT2D eigenvalue weighted by molar-refractivity contribution is 0.0527. The van der Waals surface area contributed by atoms with Gasteiger partial charge in [0.05, 0.1) is 37.1 Å². The molecule has 0 amide bonds. The zero-order chi connectivity index (χ0) is 17.0. The molecule has 0 aliphatic rings. The molecule has 7 heteroatoms. The summed E-state index contributed by atoms with van der Waals surface area (Å²) in [6, 6.07) is 6.43. The summed E-state index contributed by atoms with van der Waals surface area (Å²) in [4.78, 5) is 26.7. The number of ether oxygens (including phenoxy) is 3. The van der Waals surface area contributed by atoms with E-state index in [4.69, 9.17) is 21.1 Å². The molecule has 122 valence electrons. The number of carbonyl (C=O) groups is 2. The van der Waals surface area contributed by atoms with Crippen molar-refractivity contribution in [1.29, 1.82) is 0 Å². The van der Waals surface area contributed by atoms with Gasteiger partial charge in [-0.3, -0.25) is 0 Å². The van der Waals surface area contributed by atoms with Crippen LogP contribution in [0, 0.1) is 0 Å². The number of rotatable bonds is 5. The van der Waals surface area contributed by atoms with Gasteiger partial charge < -0.3 is 19.2 Å². The molecular formula is C16H16ClNO5. The van der Waals surface area contributed by atoms with E-state index >= 15 is 0 Å². The van der Waals surface area contributed by atoms with E-state index in [0.717, 1.165) is 0 Å². The van der Waals surface area contributed by atoms with Crippen molar-refractivity contribution in [2.75, 3.05) is 20.8 Å². The summed E-state index contributed by atoms with van der Waals surface area (Å²) in [5, 5.41) is 0.383. The number of aromatic amines is 1. The molecule has 0 radical (unpaired) electrons. The van der Waals surface area contributed by atoms with Gasteiger partial charge in [0, 0.05) is 5.56 Å². The van der Waals surface area contributed by atoms with Gasteiger partial charge in [0.25, 0.3) is 0 Å². The molecule has 0 unspecified atom stereocenters. The standard InChI is InChI=1S/C16H16ClNO5/c1-4-23-15(19)10-8-12(16(20)22-3)18-14(10)9-5-6-13(21-2)11(17)7-9/h5-8,18H,4H2,1-3H3. The van der Waals surface area contributed by atoms with Crippen LogP contribution in [0.5, 0.6) is 5.75 Å². The Morgan fingerprint density at radius 3 is 2.48 bits per heavy atom. The van der Waals surface area contributed by atoms with Crippen molar-refractivity contribution in [3.8, 4) is 17.0 Å². The second-order valence-corrected chi connectivity index (χ2v) is 4.94. The first-order valence-electron chi connectivity index (χ1n) is 6.84. The van der Waals surface area contributed by atoms with Crippen molar-refractivity contribution in [2.45, 2.75) is 6.92 Å². The molecule has 0 saturated heterocycles. The van der Waals surface area contributed by atoms with E-state index in [1.54, 1.807) is 25.1 Å². The van der Waals surface area contributed by atoms with Gasteiger partial charge in [0.2, 0.25) is 0 Å². The van der Waals surface area contributed by atoms with Gasteiger partial charge in [0.15, 0.2) is 0 Å². The van der Waals surface area contributed by atoms with E-state index in [1.807, 2.05) is 0 Å². The summed E-state index contributed by atoms with van der Waals surface area (Å²) in [6.45, 7) is 1.93. The third kappa shape index (κ3) is 3.48. The van der Waals surface area contributed by atoms with Crippen LogP contribution in [0.1, 0.15) is 27.8 Å². The summed E-state index contributed by atoms with van der Waals surface area (Å²) in [7, 11) is 2.77. The highest BCUT2D eigenvalue weighted by Gasteiger charge is 2.21. The van der Waals surface area contributed by atoms with Crippen LogP contribution in [0.25, 0.3) is 11.3 Å². The number of esters is 2. The molecule has 0 fully saturated rings. The zero-order valence-corrected chi connectivity index (χ0v) is 13.7. The Kier molecular flexibility index (Phi) is 5.28. The number of hydrogen-bond acceptors (Lipinski definition) is 5. The van der Waals surface area contributed by atoms with Crippen LogP contribution in [0.15, 0.2) is 24.3 Å². The first kappa shape index (κ1) is 16.9. The fourth-order valence-corrected chi connectivity index (χ4v) is 2.35. The summed E-state index contributed by atoms with van der Waals surface area (Å²) in [6.07, 6.45) is 0. The normalized spacial score (nSPS) is 10.3. The minimum Gasteiger partial charge on any atom is -0.495 e. The third-order valence-electron chi connectivity index (χ3n) is 3.16. The average molecular weight is 338 g/mol. The minimum atomic E-state index is -0.582. The molecule has 6 nitrogen and oxygen atoms in total. The molecule has 1 aromatic carbocycles. The summed E-state index contributed by atoms with van der Waals surface area (Å²) >= 11 is 6.12. The van der Waals surface area contributed by atoms with E-state index in [-0.39, 0.29) is 17.9 Å². The Bertz CT molecular complexity index is 738. The van der Waals surface area contributed by atoms with E-state index < -0.39 is 11.9 Å². The quantitative estimate of drug-likeness (QED) is 0.847. The fraction of sp³-hybridized carbons (Fsp3) is 0.250. The molecule has 1 aromatic heterocycles. The van der Waals surface area contributed by atoms with Crippen LogP contribution < -0.4 is 4.74 Å². The van der Waals surface area contributed by atoms with Crippen molar-refractivity contribution >= 4 is 23.5 Å². The summed E-state index contributed by atoms with van der Waals surface area (Å²) < 4.78 is 14.8. The molecular weight excluding hydrogens is 322 g/mol. The Balaban J connectivity index is 2.55. The minimum absolute atomic E-state index is 0.150. The SMILES string of the molecule is CCOC(=O)c1cc(C(=O)OC)[nH]c1-c1ccc(OC)c(Cl)c1. The van der Waals surface area contributed by atoms with Gasteiger partial charge in [-0.2, -0.15) is 0 Å². The second-order valence-electron chi connectivity index (χ2n) is 4.53. The van der Waals surface area contributed by atoms with Crippen LogP contribution in [-0.4, -0.2) is 37.7 Å². The Hall–Kier alpha value is -2.47. The van der Waals surface area contributed by atoms with Crippen LogP contribution in [0.3, 0.4) is 0 Å². The van der Waals surface area contributed by atoms with Crippen molar-refractivity contribution < 1.29 is 23.8 Å². The molecule has 23 heavy (non-hydrogen) atoms. The predicted octanol–water partition coefficient (Wildman–Crippen LogP) is 3.31. The third-order valence-corrected chi connectivity index (χ3v) is 3.45. The maximum atomic E-state index is 12.1. The molecule has 1 heterocycles. The van der Waals surface area contributed by atoms with E-state index in [0.29, 0.717) is 22.0 Å². The molecule has 2 rings (SSSR count). The van der Waals surface area contributed by atoms with Gasteiger partial charge in [0.1, 0.15) is 11.4 Å². The van der Waals surface area contributed by atoms with Crippen molar-refractivity contribution in [3.05, 3.63) is 40.5 Å². The van der Waals surface area contributed by atoms with Crippen LogP contribution in [0.4, 0.5) is 0 Å². The molecule has 0 aliphatic carbocycles. The smallest absolute Gasteiger partial charge is 0.354 e. The molecule has 2 aromatic rings. The number of hydrogen-bond donors (Lipinski definition) is 1. The number of H-pyrrole nitrogens is 1. The van der Waals surface area contributed by atoms with Gasteiger partial charge in [-0.25, -0.2) is 9.59 Å². The summed E-state index contributed by atoms with van der Waals surface area (Å²) in [5.41, 5.74) is 1.42. The summed E-state index contributed by atoms with van der Waals surface area (Å²) in [5.74, 6) is -0.616. The Labute approximate surface area is 138 Å². The van der Waals surface area contributed by atoms with E-state index in [1.165, 1.54) is 20.3 Å². The van der Waals surface area contributed by atoms with Crippen LogP contribution >= 0.6 is 11.6 Å². The number of halogens is 1. The molecule has 1 N–H and O–H groups in total. The first-order chi connectivity index (χ1) is 11.0. The van der Waals surface area contributed by atoms with E-state index in [2.05, 4.69) is 9.72 Å². The molecule has 0 saturated carbocycles. The number of carbonyl (C=O) groups excluding carboxylic acids is 2. The molecule has 0 aliphatic heterocycles. The molecule has 0 atom stereocenters. The highest BCUT2D eigenvalue weighted by atomic mass is 35.5. The van der Waals surface area contributed by atoms with E-state index in [9.17, 15) is 9.59 Å². The lowest BCUT2D eigenvalue weighted by Crippen LogP contribution is -2.05. The first-order valence-corrected chi connectivity index (χ1v) is 7.22. The highest BCUT2D eigenvalue weighted by molar-refractivity contribution is 6.32. The van der Waals surface area contributed by atoms with Crippen molar-refractivity contribution in [1.82, 2.24) is 4.98 Å². The van der Waals surface area contributed by atoms with Gasteiger partial charge in [-0.15, -0.1) is 0 Å². The number of benzene rings is 1. The number of methoxy groups -OCH3 is 2. The largest absolute Gasteiger partial charge is 0.495 e. The average Bonchev–Trinajstić information content (AvgIpc) is 2.99. The predicted molar refractivity (Wildman–Crippen MR) is 85.1 cm³/mol. The zero-order valence-electron chi connectivity index (χ0n) is 12.9. The van der Waals surface area contributed by atoms with Crippen LogP contribution in [-0.2, 0) is 9.47 Å². The topological polar surface area (TPSA) is 77.6 Å². The maximum absolute atomic E-state index is 12.1. The Morgan fingerprint density at radius 2 is 1.91 bits per heavy atom. The maximum Gasteiger partial charge on any atom is 0.354 e. The van der Waals surface area contributed by atoms with Crippen LogP contribution in [0.2, 0.25) is 5.02 Å². The lowest BCUT2D eigenvalue weighted by Gasteiger charge is -2.07. The lowest BCUT2D eigenvalue weighted by atomic mass is 10.1. The van der Waals surface area contributed by atoms with Crippen molar-refractivity contribution in [2.24, 2.45) is 0 Å². The molecule has 0 bridgehead atoms. The Morgan fingerprint density at radius 1 is 1.17 bits per heavy atom. The monoisotopic (exact) mass is 337 g/mol. The van der Waals surface area contributed by atoms with Gasteiger partial charge in [-0.1, -0.05) is 11.6 Å².